The van der Waals surface area contributed by atoms with Gasteiger partial charge in [0.2, 0.25) is 0 Å². The summed E-state index contributed by atoms with van der Waals surface area (Å²) in [5, 5.41) is 14.0. The van der Waals surface area contributed by atoms with Crippen molar-refractivity contribution in [1.29, 1.82) is 0 Å². The number of carbonyl (C=O) groups is 1. The average molecular weight is 474 g/mol. The van der Waals surface area contributed by atoms with Crippen LogP contribution < -0.4 is 14.8 Å². The second-order valence-corrected chi connectivity index (χ2v) is 14.5. The first-order chi connectivity index (χ1) is 15.6. The van der Waals surface area contributed by atoms with E-state index in [9.17, 15) is 9.90 Å². The van der Waals surface area contributed by atoms with Crippen molar-refractivity contribution in [3.05, 3.63) is 59.7 Å². The zero-order chi connectivity index (χ0) is 24.1. The van der Waals surface area contributed by atoms with E-state index in [2.05, 4.69) is 39.2 Å². The quantitative estimate of drug-likeness (QED) is 0.535. The fraction of sp³-hybridized carbons (Fsp3) is 0.480. The monoisotopic (exact) mass is 473 g/mol. The molecule has 1 heterocycles. The zero-order valence-electron chi connectivity index (χ0n) is 20.1. The molecule has 8 heteroatoms. The number of nitrogens with one attached hydrogen (secondary N) is 1. The van der Waals surface area contributed by atoms with Crippen LogP contribution in [0, 0.1) is 0 Å². The third-order valence-corrected chi connectivity index (χ3v) is 10.7. The summed E-state index contributed by atoms with van der Waals surface area (Å²) in [7, 11) is -2.11. The summed E-state index contributed by atoms with van der Waals surface area (Å²) in [5.74, 6) is 1.22. The minimum atomic E-state index is -2.11. The number of carbonyl (C=O) groups excluding carboxylic acids is 1. The van der Waals surface area contributed by atoms with Crippen molar-refractivity contribution in [3.8, 4) is 11.5 Å². The molecule has 2 N–H and O–H groups in total. The van der Waals surface area contributed by atoms with Crippen LogP contribution in [0.5, 0.6) is 11.5 Å². The molecule has 1 aliphatic rings. The summed E-state index contributed by atoms with van der Waals surface area (Å²) in [5.41, 5.74) is 1.49. The van der Waals surface area contributed by atoms with E-state index in [4.69, 9.17) is 18.6 Å². The molecular weight excluding hydrogens is 438 g/mol. The van der Waals surface area contributed by atoms with E-state index in [1.165, 1.54) is 0 Å². The molecule has 2 aromatic carbocycles. The van der Waals surface area contributed by atoms with Crippen molar-refractivity contribution in [2.45, 2.75) is 57.7 Å². The van der Waals surface area contributed by atoms with Gasteiger partial charge in [-0.05, 0) is 41.4 Å². The molecule has 180 valence electrons. The van der Waals surface area contributed by atoms with Crippen LogP contribution in [0.1, 0.15) is 38.0 Å². The Kier molecular flexibility index (Phi) is 8.04. The van der Waals surface area contributed by atoms with Crippen LogP contribution in [0.3, 0.4) is 0 Å². The molecule has 3 rings (SSSR count). The zero-order valence-corrected chi connectivity index (χ0v) is 21.1. The van der Waals surface area contributed by atoms with Gasteiger partial charge in [0.25, 0.3) is 0 Å². The number of amides is 1. The first-order valence-electron chi connectivity index (χ1n) is 11.3. The Hall–Kier alpha value is -2.55. The smallest absolute Gasteiger partial charge is 0.407 e. The van der Waals surface area contributed by atoms with Crippen molar-refractivity contribution in [1.82, 2.24) is 5.32 Å². The minimum absolute atomic E-state index is 0.00663. The minimum Gasteiger partial charge on any atom is -0.486 e. The summed E-state index contributed by atoms with van der Waals surface area (Å²) < 4.78 is 22.9. The molecule has 0 fully saturated rings. The molecule has 0 aromatic heterocycles. The standard InChI is InChI=1S/C25H35NO6Si/c1-25(2,3)33(4,5)32-17-20(26-24(28)31-16-18-9-7-6-8-10-18)23(27)19-11-12-21-22(15-19)30-14-13-29-21/h6-12,15,20,23,27H,13-14,16-17H2,1-5H3,(H,26,28)/t20-,23-/m1/s1. The highest BCUT2D eigenvalue weighted by Gasteiger charge is 2.38. The van der Waals surface area contributed by atoms with Crippen LogP contribution in [0.25, 0.3) is 0 Å². The molecule has 2 aromatic rings. The molecule has 0 radical (unpaired) electrons. The number of rotatable bonds is 8. The Morgan fingerprint density at radius 3 is 2.42 bits per heavy atom. The van der Waals surface area contributed by atoms with Crippen LogP contribution in [-0.2, 0) is 15.8 Å². The van der Waals surface area contributed by atoms with Crippen molar-refractivity contribution in [2.75, 3.05) is 19.8 Å². The van der Waals surface area contributed by atoms with Gasteiger partial charge in [0.05, 0.1) is 12.6 Å². The average Bonchev–Trinajstić information content (AvgIpc) is 2.79. The van der Waals surface area contributed by atoms with E-state index < -0.39 is 26.6 Å². The number of alkyl carbamates (subject to hydrolysis) is 1. The van der Waals surface area contributed by atoms with Gasteiger partial charge in [0.1, 0.15) is 25.9 Å². The number of aliphatic hydroxyl groups is 1. The number of benzene rings is 2. The van der Waals surface area contributed by atoms with Gasteiger partial charge < -0.3 is 29.1 Å². The first-order valence-corrected chi connectivity index (χ1v) is 14.2. The highest BCUT2D eigenvalue weighted by atomic mass is 28.4. The van der Waals surface area contributed by atoms with E-state index in [1.807, 2.05) is 30.3 Å². The first kappa shape index (κ1) is 25.1. The molecule has 1 amide bonds. The number of ether oxygens (including phenoxy) is 3. The number of aliphatic hydroxyl groups excluding tert-OH is 1. The van der Waals surface area contributed by atoms with Crippen molar-refractivity contribution in [3.63, 3.8) is 0 Å². The molecule has 0 saturated heterocycles. The van der Waals surface area contributed by atoms with Gasteiger partial charge in [0, 0.05) is 0 Å². The maximum atomic E-state index is 12.6. The Morgan fingerprint density at radius 2 is 1.76 bits per heavy atom. The topological polar surface area (TPSA) is 86.3 Å². The molecule has 7 nitrogen and oxygen atoms in total. The van der Waals surface area contributed by atoms with Crippen LogP contribution in [0.2, 0.25) is 18.1 Å². The highest BCUT2D eigenvalue weighted by molar-refractivity contribution is 6.74. The van der Waals surface area contributed by atoms with Gasteiger partial charge in [-0.1, -0.05) is 57.2 Å². The second kappa shape index (κ2) is 10.6. The molecule has 0 saturated carbocycles. The lowest BCUT2D eigenvalue weighted by molar-refractivity contribution is 0.0780. The van der Waals surface area contributed by atoms with Gasteiger partial charge in [0.15, 0.2) is 19.8 Å². The molecule has 2 atom stereocenters. The molecule has 0 aliphatic carbocycles. The summed E-state index contributed by atoms with van der Waals surface area (Å²) in [4.78, 5) is 12.6. The van der Waals surface area contributed by atoms with E-state index in [0.29, 0.717) is 30.3 Å². The lowest BCUT2D eigenvalue weighted by atomic mass is 10.0. The Balaban J connectivity index is 1.73. The molecule has 33 heavy (non-hydrogen) atoms. The lowest BCUT2D eigenvalue weighted by Crippen LogP contribution is -2.48. The van der Waals surface area contributed by atoms with Crippen LogP contribution in [0.15, 0.2) is 48.5 Å². The van der Waals surface area contributed by atoms with E-state index in [1.54, 1.807) is 18.2 Å². The SMILES string of the molecule is CC(C)(C)[Si](C)(C)OC[C@@H](NC(=O)OCc1ccccc1)[C@H](O)c1ccc2c(c1)OCCO2. The molecule has 0 spiro atoms. The van der Waals surface area contributed by atoms with Crippen LogP contribution in [-0.4, -0.2) is 45.4 Å². The lowest BCUT2D eigenvalue weighted by Gasteiger charge is -2.38. The van der Waals surface area contributed by atoms with Gasteiger partial charge in [-0.2, -0.15) is 0 Å². The molecule has 1 aliphatic heterocycles. The highest BCUT2D eigenvalue weighted by Crippen LogP contribution is 2.37. The summed E-state index contributed by atoms with van der Waals surface area (Å²) >= 11 is 0. The maximum Gasteiger partial charge on any atom is 0.407 e. The van der Waals surface area contributed by atoms with Crippen molar-refractivity contribution in [2.24, 2.45) is 0 Å². The Morgan fingerprint density at radius 1 is 1.09 bits per heavy atom. The van der Waals surface area contributed by atoms with E-state index in [-0.39, 0.29) is 18.3 Å². The number of hydrogen-bond donors (Lipinski definition) is 2. The number of hydrogen-bond acceptors (Lipinski definition) is 6. The van der Waals surface area contributed by atoms with E-state index in [0.717, 1.165) is 5.56 Å². The van der Waals surface area contributed by atoms with Crippen LogP contribution >= 0.6 is 0 Å². The Labute approximate surface area is 197 Å². The summed E-state index contributed by atoms with van der Waals surface area (Å²) in [6, 6.07) is 14.0. The van der Waals surface area contributed by atoms with Gasteiger partial charge in [-0.15, -0.1) is 0 Å². The predicted molar refractivity (Wildman–Crippen MR) is 129 cm³/mol. The molecular formula is C25H35NO6Si. The fourth-order valence-corrected chi connectivity index (χ4v) is 4.15. The largest absolute Gasteiger partial charge is 0.486 e. The van der Waals surface area contributed by atoms with Gasteiger partial charge in [-0.25, -0.2) is 4.79 Å². The molecule has 0 unspecified atom stereocenters. The normalized spacial score (nSPS) is 15.5. The van der Waals surface area contributed by atoms with Crippen LogP contribution in [0.4, 0.5) is 4.79 Å². The fourth-order valence-electron chi connectivity index (χ4n) is 3.12. The van der Waals surface area contributed by atoms with Crippen molar-refractivity contribution >= 4 is 14.4 Å². The van der Waals surface area contributed by atoms with E-state index >= 15 is 0 Å². The maximum absolute atomic E-state index is 12.6. The number of fused-ring (bicyclic) bond motifs is 1. The third-order valence-electron chi connectivity index (χ3n) is 6.23. The van der Waals surface area contributed by atoms with Crippen molar-refractivity contribution < 1.29 is 28.5 Å². The Bertz CT molecular complexity index is 928. The summed E-state index contributed by atoms with van der Waals surface area (Å²) in [6.07, 6.45) is -1.63. The third kappa shape index (κ3) is 6.72. The van der Waals surface area contributed by atoms with Gasteiger partial charge >= 0.3 is 6.09 Å². The molecule has 0 bridgehead atoms. The summed E-state index contributed by atoms with van der Waals surface area (Å²) in [6.45, 7) is 12.0. The predicted octanol–water partition coefficient (Wildman–Crippen LogP) is 4.81. The van der Waals surface area contributed by atoms with Gasteiger partial charge in [-0.3, -0.25) is 0 Å². The second-order valence-electron chi connectivity index (χ2n) is 9.73.